The Kier molecular flexibility index (Phi) is 22.0. The van der Waals surface area contributed by atoms with Gasteiger partial charge in [0.1, 0.15) is 48.1 Å². The van der Waals surface area contributed by atoms with Gasteiger partial charge >= 0.3 is 24.0 Å². The summed E-state index contributed by atoms with van der Waals surface area (Å²) in [5, 5.41) is 12.0. The summed E-state index contributed by atoms with van der Waals surface area (Å²) in [6, 6.07) is -6.63. The van der Waals surface area contributed by atoms with Gasteiger partial charge in [-0.05, 0) is 53.4 Å². The predicted octanol–water partition coefficient (Wildman–Crippen LogP) is 1.55. The molecule has 0 fully saturated rings. The molecule has 5 N–H and O–H groups in total. The van der Waals surface area contributed by atoms with Crippen molar-refractivity contribution in [3.63, 3.8) is 0 Å². The zero-order chi connectivity index (χ0) is 44.6. The molecule has 0 saturated carbocycles. The third-order valence-electron chi connectivity index (χ3n) is 7.70. The van der Waals surface area contributed by atoms with E-state index in [9.17, 15) is 43.2 Å². The molecule has 57 heavy (non-hydrogen) atoms. The summed E-state index contributed by atoms with van der Waals surface area (Å²) in [6.45, 7) is 15.3. The summed E-state index contributed by atoms with van der Waals surface area (Å²) in [5.74, 6) is -8.42. The smallest absolute Gasteiger partial charge is 0.408 e. The minimum atomic E-state index is -1.89. The topological polar surface area (TPSA) is 254 Å². The Hall–Kier alpha value is -4.36. The molecular weight excluding hydrogens is 819 g/mol. The van der Waals surface area contributed by atoms with Gasteiger partial charge in [-0.1, -0.05) is 62.2 Å². The molecular formula is C35H55Cl3N6O13. The van der Waals surface area contributed by atoms with Gasteiger partial charge in [0.25, 0.3) is 5.91 Å². The van der Waals surface area contributed by atoms with E-state index in [1.54, 1.807) is 34.6 Å². The quantitative estimate of drug-likeness (QED) is 0.0505. The van der Waals surface area contributed by atoms with E-state index in [-0.39, 0.29) is 30.9 Å². The molecule has 22 heteroatoms. The lowest BCUT2D eigenvalue weighted by Gasteiger charge is -2.27. The highest BCUT2D eigenvalue weighted by Crippen LogP contribution is 2.26. The number of hydrogen-bond donors (Lipinski definition) is 5. The standard InChI is InChI=1S/C35H55Cl3N6O13/c1-17(2)15-23(29(49)43-25(32(52)55-12)18(3)26(46)40-20(5)30(50)56-16-35(36,37)38)41-27(47)19(4)39-28(48)21(6)44(10)24(45)14-13-22(31(51)54-11)42-33(53)57-34(7,8)9/h17-20,22-23,25H,6,13-16H2,1-5,7-12H3,(H,39,48)(H,40,46)(H,41,47)(H,42,53)(H,43,49)/t18-,19+,20-,22+,23-,25+/m0/s1. The molecule has 0 saturated heterocycles. The van der Waals surface area contributed by atoms with Gasteiger partial charge in [-0.2, -0.15) is 0 Å². The fraction of sp³-hybridized carbons (Fsp3) is 0.686. The Morgan fingerprint density at radius 2 is 1.26 bits per heavy atom. The number of methoxy groups -OCH3 is 2. The number of alkyl carbamates (subject to hydrolysis) is 1. The number of nitrogens with one attached hydrogen (secondary N) is 5. The van der Waals surface area contributed by atoms with Gasteiger partial charge in [-0.3, -0.25) is 24.0 Å². The van der Waals surface area contributed by atoms with Gasteiger partial charge in [-0.25, -0.2) is 19.2 Å². The van der Waals surface area contributed by atoms with Crippen LogP contribution in [0.3, 0.4) is 0 Å². The lowest BCUT2D eigenvalue weighted by molar-refractivity contribution is -0.150. The summed E-state index contributed by atoms with van der Waals surface area (Å²) >= 11 is 16.7. The van der Waals surface area contributed by atoms with Crippen molar-refractivity contribution < 1.29 is 62.1 Å². The van der Waals surface area contributed by atoms with Crippen molar-refractivity contribution in [2.45, 2.75) is 114 Å². The molecule has 6 amide bonds. The summed E-state index contributed by atoms with van der Waals surface area (Å²) in [4.78, 5) is 116. The Bertz CT molecular complexity index is 1500. The Labute approximate surface area is 347 Å². The molecule has 0 aromatic rings. The summed E-state index contributed by atoms with van der Waals surface area (Å²) in [6.07, 6.45) is -1.40. The van der Waals surface area contributed by atoms with Crippen LogP contribution in [0, 0.1) is 11.8 Å². The molecule has 6 atom stereocenters. The number of amides is 6. The van der Waals surface area contributed by atoms with Crippen molar-refractivity contribution in [3.8, 4) is 0 Å². The van der Waals surface area contributed by atoms with Crippen LogP contribution in [0.2, 0.25) is 0 Å². The van der Waals surface area contributed by atoms with Crippen molar-refractivity contribution in [2.75, 3.05) is 27.9 Å². The van der Waals surface area contributed by atoms with Crippen LogP contribution < -0.4 is 26.6 Å². The van der Waals surface area contributed by atoms with E-state index in [1.807, 2.05) is 0 Å². The molecule has 324 valence electrons. The van der Waals surface area contributed by atoms with Crippen LogP contribution in [-0.4, -0.2) is 126 Å². The van der Waals surface area contributed by atoms with Crippen molar-refractivity contribution in [1.29, 1.82) is 0 Å². The van der Waals surface area contributed by atoms with E-state index in [2.05, 4.69) is 33.2 Å². The highest BCUT2D eigenvalue weighted by atomic mass is 35.6. The van der Waals surface area contributed by atoms with E-state index in [0.717, 1.165) is 19.1 Å². The largest absolute Gasteiger partial charge is 0.467 e. The fourth-order valence-corrected chi connectivity index (χ4v) is 4.69. The first-order valence-corrected chi connectivity index (χ1v) is 18.7. The van der Waals surface area contributed by atoms with Crippen molar-refractivity contribution in [1.82, 2.24) is 31.5 Å². The van der Waals surface area contributed by atoms with Gasteiger partial charge in [0.2, 0.25) is 27.4 Å². The second kappa shape index (κ2) is 23.8. The monoisotopic (exact) mass is 872 g/mol. The van der Waals surface area contributed by atoms with Gasteiger partial charge in [0.15, 0.2) is 0 Å². The predicted molar refractivity (Wildman–Crippen MR) is 207 cm³/mol. The molecule has 0 aliphatic heterocycles. The average molecular weight is 874 g/mol. The van der Waals surface area contributed by atoms with Crippen molar-refractivity contribution in [2.24, 2.45) is 11.8 Å². The lowest BCUT2D eigenvalue weighted by atomic mass is 9.98. The number of carbonyl (C=O) groups is 9. The van der Waals surface area contributed by atoms with E-state index in [4.69, 9.17) is 53.8 Å². The molecule has 0 aromatic carbocycles. The number of esters is 3. The maximum Gasteiger partial charge on any atom is 0.408 e. The number of carbonyl (C=O) groups excluding carboxylic acids is 9. The minimum absolute atomic E-state index is 0.0537. The van der Waals surface area contributed by atoms with Crippen LogP contribution in [0.4, 0.5) is 4.79 Å². The number of rotatable bonds is 20. The van der Waals surface area contributed by atoms with Crippen LogP contribution in [-0.2, 0) is 57.3 Å². The van der Waals surface area contributed by atoms with E-state index in [1.165, 1.54) is 27.8 Å². The minimum Gasteiger partial charge on any atom is -0.467 e. The van der Waals surface area contributed by atoms with Gasteiger partial charge in [0.05, 0.1) is 20.1 Å². The van der Waals surface area contributed by atoms with Crippen LogP contribution in [0.25, 0.3) is 0 Å². The molecule has 0 radical (unpaired) electrons. The fourth-order valence-electron chi connectivity index (χ4n) is 4.53. The second-order valence-electron chi connectivity index (χ2n) is 14.3. The van der Waals surface area contributed by atoms with E-state index < -0.39 is 106 Å². The Balaban J connectivity index is 5.66. The molecule has 0 rings (SSSR count). The number of nitrogens with zero attached hydrogens (tertiary/aromatic N) is 1. The summed E-state index contributed by atoms with van der Waals surface area (Å²) < 4.78 is 17.6. The van der Waals surface area contributed by atoms with Crippen LogP contribution >= 0.6 is 34.8 Å². The zero-order valence-corrected chi connectivity index (χ0v) is 36.2. The van der Waals surface area contributed by atoms with Gasteiger partial charge < -0.3 is 50.4 Å². The Morgan fingerprint density at radius 3 is 1.75 bits per heavy atom. The second-order valence-corrected chi connectivity index (χ2v) is 16.8. The molecule has 0 heterocycles. The van der Waals surface area contributed by atoms with Gasteiger partial charge in [-0.15, -0.1) is 0 Å². The third kappa shape index (κ3) is 20.1. The van der Waals surface area contributed by atoms with Gasteiger partial charge in [0, 0.05) is 13.5 Å². The normalized spacial score (nSPS) is 14.5. The number of halogens is 3. The number of likely N-dealkylation sites (N-methyl/N-ethyl adjacent to an activating group) is 1. The molecule has 19 nitrogen and oxygen atoms in total. The number of alkyl halides is 3. The third-order valence-corrected chi connectivity index (χ3v) is 8.03. The van der Waals surface area contributed by atoms with Crippen LogP contribution in [0.5, 0.6) is 0 Å². The zero-order valence-electron chi connectivity index (χ0n) is 34.0. The van der Waals surface area contributed by atoms with Crippen molar-refractivity contribution >= 4 is 88.3 Å². The molecule has 0 aromatic heterocycles. The van der Waals surface area contributed by atoms with Crippen LogP contribution in [0.1, 0.15) is 74.7 Å². The van der Waals surface area contributed by atoms with Crippen molar-refractivity contribution in [3.05, 3.63) is 12.3 Å². The molecule has 0 spiro atoms. The maximum atomic E-state index is 13.5. The summed E-state index contributed by atoms with van der Waals surface area (Å²) in [5.41, 5.74) is -1.23. The van der Waals surface area contributed by atoms with Crippen LogP contribution in [0.15, 0.2) is 12.3 Å². The average Bonchev–Trinajstić information content (AvgIpc) is 3.10. The number of hydrogen-bond acceptors (Lipinski definition) is 13. The maximum absolute atomic E-state index is 13.5. The SMILES string of the molecule is C=C(C(=O)N[C@H](C)C(=O)N[C@@H](CC(C)C)C(=O)N[C@@H](C(=O)OC)[C@H](C)C(=O)N[C@@H](C)C(=O)OCC(Cl)(Cl)Cl)N(C)C(=O)CC[C@@H](NC(=O)OC(C)(C)C)C(=O)OC. The summed E-state index contributed by atoms with van der Waals surface area (Å²) in [7, 11) is 3.37. The first-order valence-electron chi connectivity index (χ1n) is 17.6. The molecule has 0 bridgehead atoms. The number of ether oxygens (including phenoxy) is 4. The highest BCUT2D eigenvalue weighted by molar-refractivity contribution is 6.67. The first-order chi connectivity index (χ1) is 26.0. The molecule has 0 aliphatic rings. The highest BCUT2D eigenvalue weighted by Gasteiger charge is 2.37. The lowest BCUT2D eigenvalue weighted by Crippen LogP contribution is -2.58. The Morgan fingerprint density at radius 1 is 0.702 bits per heavy atom. The molecule has 0 aliphatic carbocycles. The first kappa shape index (κ1) is 52.6. The van der Waals surface area contributed by atoms with E-state index >= 15 is 0 Å². The van der Waals surface area contributed by atoms with E-state index in [0.29, 0.717) is 0 Å². The molecule has 0 unspecified atom stereocenters.